The number of hydrogen-bond acceptors (Lipinski definition) is 4. The first-order valence-electron chi connectivity index (χ1n) is 9.39. The van der Waals surface area contributed by atoms with E-state index < -0.39 is 11.6 Å². The van der Waals surface area contributed by atoms with Crippen LogP contribution in [0.4, 0.5) is 8.78 Å². The summed E-state index contributed by atoms with van der Waals surface area (Å²) in [4.78, 5) is 25.6. The highest BCUT2D eigenvalue weighted by molar-refractivity contribution is 5.92. The molecule has 5 heterocycles. The summed E-state index contributed by atoms with van der Waals surface area (Å²) < 4.78 is 27.7. The molecule has 27 heavy (non-hydrogen) atoms. The van der Waals surface area contributed by atoms with Crippen molar-refractivity contribution < 1.29 is 13.6 Å². The lowest BCUT2D eigenvalue weighted by atomic mass is 9.75. The van der Waals surface area contributed by atoms with Gasteiger partial charge in [0.1, 0.15) is 17.3 Å². The summed E-state index contributed by atoms with van der Waals surface area (Å²) in [6, 6.07) is 3.86. The average molecular weight is 370 g/mol. The molecule has 3 atom stereocenters. The Bertz CT molecular complexity index is 849. The van der Waals surface area contributed by atoms with E-state index in [1.807, 2.05) is 4.90 Å². The number of likely N-dealkylation sites (tertiary alicyclic amines) is 1. The van der Waals surface area contributed by atoms with E-state index in [9.17, 15) is 13.6 Å². The molecule has 4 fully saturated rings. The Labute approximate surface area is 156 Å². The number of nitrogens with zero attached hydrogens (tertiary/aromatic N) is 4. The van der Waals surface area contributed by atoms with Crippen molar-refractivity contribution in [3.63, 3.8) is 0 Å². The maximum absolute atomic E-state index is 13.9. The summed E-state index contributed by atoms with van der Waals surface area (Å²) in [6.07, 6.45) is 6.63. The molecule has 1 aromatic carbocycles. The fourth-order valence-corrected chi connectivity index (χ4v) is 5.29. The average Bonchev–Trinajstić information content (AvgIpc) is 3.11. The highest BCUT2D eigenvalue weighted by atomic mass is 19.1. The standard InChI is InChI=1S/C20H20F2N4O/c21-14-7-13(8-15(22)9-14)16-11-26(20(27)17-10-23-3-4-24-17)18-12-1-5-25(6-2-12)19(16)18/h3-4,7-10,12,16,18-19H,1-2,5-6,11H2/t16-,18-,19-/m1/s1. The molecule has 0 N–H and O–H groups in total. The van der Waals surface area contributed by atoms with Crippen molar-refractivity contribution in [3.05, 3.63) is 59.7 Å². The minimum Gasteiger partial charge on any atom is -0.332 e. The molecule has 0 aliphatic carbocycles. The van der Waals surface area contributed by atoms with Crippen molar-refractivity contribution in [1.29, 1.82) is 0 Å². The molecule has 4 aliphatic heterocycles. The van der Waals surface area contributed by atoms with Crippen molar-refractivity contribution in [3.8, 4) is 0 Å². The Kier molecular flexibility index (Phi) is 3.93. The highest BCUT2D eigenvalue weighted by Crippen LogP contribution is 2.47. The molecule has 0 saturated carbocycles. The van der Waals surface area contributed by atoms with Crippen LogP contribution in [0.1, 0.15) is 34.8 Å². The van der Waals surface area contributed by atoms with Gasteiger partial charge in [0.05, 0.1) is 12.2 Å². The van der Waals surface area contributed by atoms with Gasteiger partial charge in [0.25, 0.3) is 5.91 Å². The Morgan fingerprint density at radius 2 is 1.78 bits per heavy atom. The summed E-state index contributed by atoms with van der Waals surface area (Å²) in [5, 5.41) is 0. The summed E-state index contributed by atoms with van der Waals surface area (Å²) >= 11 is 0. The van der Waals surface area contributed by atoms with Gasteiger partial charge in [-0.25, -0.2) is 13.8 Å². The first-order valence-corrected chi connectivity index (χ1v) is 9.39. The number of fused-ring (bicyclic) bond motifs is 2. The third-order valence-electron chi connectivity index (χ3n) is 6.35. The molecular formula is C20H20F2N4O. The van der Waals surface area contributed by atoms with Crippen LogP contribution in [0.3, 0.4) is 0 Å². The summed E-state index contributed by atoms with van der Waals surface area (Å²) in [5.74, 6) is -0.980. The predicted octanol–water partition coefficient (Wildman–Crippen LogP) is 2.46. The zero-order valence-electron chi connectivity index (χ0n) is 14.8. The zero-order valence-corrected chi connectivity index (χ0v) is 14.8. The Morgan fingerprint density at radius 1 is 1.04 bits per heavy atom. The maximum Gasteiger partial charge on any atom is 0.274 e. The number of carbonyl (C=O) groups excluding carboxylic acids is 1. The monoisotopic (exact) mass is 370 g/mol. The van der Waals surface area contributed by atoms with Crippen LogP contribution >= 0.6 is 0 Å². The normalized spacial score (nSPS) is 31.8. The molecule has 0 unspecified atom stereocenters. The minimum atomic E-state index is -0.573. The summed E-state index contributed by atoms with van der Waals surface area (Å²) in [6.45, 7) is 2.40. The topological polar surface area (TPSA) is 49.3 Å². The van der Waals surface area contributed by atoms with Crippen LogP contribution in [0.25, 0.3) is 0 Å². The van der Waals surface area contributed by atoms with Crippen LogP contribution in [0.2, 0.25) is 0 Å². The molecule has 140 valence electrons. The fourth-order valence-electron chi connectivity index (χ4n) is 5.29. The molecule has 7 heteroatoms. The van der Waals surface area contributed by atoms with E-state index in [1.165, 1.54) is 30.7 Å². The van der Waals surface area contributed by atoms with Crippen molar-refractivity contribution in [2.24, 2.45) is 5.92 Å². The van der Waals surface area contributed by atoms with Gasteiger partial charge in [-0.15, -0.1) is 0 Å². The van der Waals surface area contributed by atoms with Gasteiger partial charge in [-0.2, -0.15) is 0 Å². The Balaban J connectivity index is 1.55. The quantitative estimate of drug-likeness (QED) is 0.815. The van der Waals surface area contributed by atoms with Gasteiger partial charge in [-0.1, -0.05) is 0 Å². The molecule has 0 spiro atoms. The van der Waals surface area contributed by atoms with Crippen LogP contribution in [0, 0.1) is 17.6 Å². The first-order chi connectivity index (χ1) is 13.1. The van der Waals surface area contributed by atoms with Crippen LogP contribution in [0.5, 0.6) is 0 Å². The molecule has 4 saturated heterocycles. The lowest BCUT2D eigenvalue weighted by molar-refractivity contribution is -0.00362. The zero-order chi connectivity index (χ0) is 18.5. The first kappa shape index (κ1) is 16.7. The van der Waals surface area contributed by atoms with Crippen molar-refractivity contribution in [2.45, 2.75) is 30.8 Å². The molecule has 2 bridgehead atoms. The second kappa shape index (κ2) is 6.34. The molecule has 1 aromatic heterocycles. The van der Waals surface area contributed by atoms with Gasteiger partial charge in [0.15, 0.2) is 0 Å². The Morgan fingerprint density at radius 3 is 2.44 bits per heavy atom. The van der Waals surface area contributed by atoms with E-state index in [2.05, 4.69) is 14.9 Å². The molecule has 2 aromatic rings. The van der Waals surface area contributed by atoms with Crippen LogP contribution in [-0.4, -0.2) is 57.4 Å². The number of rotatable bonds is 2. The number of aromatic nitrogens is 2. The van der Waals surface area contributed by atoms with E-state index >= 15 is 0 Å². The van der Waals surface area contributed by atoms with Gasteiger partial charge in [-0.3, -0.25) is 14.7 Å². The summed E-state index contributed by atoms with van der Waals surface area (Å²) in [5.41, 5.74) is 0.947. The predicted molar refractivity (Wildman–Crippen MR) is 94.0 cm³/mol. The van der Waals surface area contributed by atoms with Gasteiger partial charge in [0.2, 0.25) is 0 Å². The molecule has 4 aliphatic rings. The smallest absolute Gasteiger partial charge is 0.274 e. The molecule has 5 nitrogen and oxygen atoms in total. The number of piperidine rings is 3. The second-order valence-electron chi connectivity index (χ2n) is 7.71. The van der Waals surface area contributed by atoms with Crippen LogP contribution in [-0.2, 0) is 0 Å². The molecule has 0 radical (unpaired) electrons. The Hall–Kier alpha value is -2.41. The SMILES string of the molecule is O=C(c1cnccn1)N1C[C@H](c2cc(F)cc(F)c2)[C@@H]2[C@H]1C1CCN2CC1. The minimum absolute atomic E-state index is 0.0540. The largest absolute Gasteiger partial charge is 0.332 e. The van der Waals surface area contributed by atoms with Gasteiger partial charge >= 0.3 is 0 Å². The van der Waals surface area contributed by atoms with Gasteiger partial charge in [-0.05, 0) is 49.5 Å². The van der Waals surface area contributed by atoms with E-state index in [0.29, 0.717) is 23.7 Å². The lowest BCUT2D eigenvalue weighted by Crippen LogP contribution is -2.60. The number of amides is 1. The number of benzene rings is 1. The van der Waals surface area contributed by atoms with Crippen LogP contribution < -0.4 is 0 Å². The fraction of sp³-hybridized carbons (Fsp3) is 0.450. The van der Waals surface area contributed by atoms with E-state index in [-0.39, 0.29) is 23.9 Å². The second-order valence-corrected chi connectivity index (χ2v) is 7.71. The number of hydrogen-bond donors (Lipinski definition) is 0. The lowest BCUT2D eigenvalue weighted by Gasteiger charge is -2.51. The third-order valence-corrected chi connectivity index (χ3v) is 6.35. The van der Waals surface area contributed by atoms with Gasteiger partial charge in [0, 0.05) is 37.0 Å². The maximum atomic E-state index is 13.9. The summed E-state index contributed by atoms with van der Waals surface area (Å²) in [7, 11) is 0. The van der Waals surface area contributed by atoms with E-state index in [0.717, 1.165) is 32.0 Å². The molecule has 1 amide bonds. The van der Waals surface area contributed by atoms with E-state index in [4.69, 9.17) is 0 Å². The third kappa shape index (κ3) is 2.72. The number of halogens is 2. The van der Waals surface area contributed by atoms with Crippen LogP contribution in [0.15, 0.2) is 36.8 Å². The molecular weight excluding hydrogens is 350 g/mol. The van der Waals surface area contributed by atoms with Crippen molar-refractivity contribution in [2.75, 3.05) is 19.6 Å². The highest BCUT2D eigenvalue weighted by Gasteiger charge is 2.54. The van der Waals surface area contributed by atoms with Crippen molar-refractivity contribution in [1.82, 2.24) is 19.8 Å². The molecule has 6 rings (SSSR count). The number of carbonyl (C=O) groups is 1. The van der Waals surface area contributed by atoms with Crippen molar-refractivity contribution >= 4 is 5.91 Å². The van der Waals surface area contributed by atoms with E-state index in [1.54, 1.807) is 0 Å². The van der Waals surface area contributed by atoms with Gasteiger partial charge < -0.3 is 4.90 Å².